The molecule has 4 rings (SSSR count). The largest absolute Gasteiger partial charge is 0.367 e. The van der Waals surface area contributed by atoms with Crippen molar-refractivity contribution in [2.45, 2.75) is 239 Å². The Bertz CT molecular complexity index is 1420. The number of nitrogens with zero attached hydrogens (tertiary/aromatic N) is 6. The lowest BCUT2D eigenvalue weighted by atomic mass is 9.73. The Morgan fingerprint density at radius 1 is 0.492 bits per heavy atom. The van der Waals surface area contributed by atoms with E-state index in [0.29, 0.717) is 29.8 Å². The molecule has 3 aliphatic heterocycles. The third-order valence-corrected chi connectivity index (χ3v) is 13.2. The van der Waals surface area contributed by atoms with E-state index in [1.165, 1.54) is 20.8 Å². The topological polar surface area (TPSA) is 163 Å². The maximum atomic E-state index is 11.9. The van der Waals surface area contributed by atoms with E-state index in [1.807, 2.05) is 15.2 Å². The summed E-state index contributed by atoms with van der Waals surface area (Å²) in [5.41, 5.74) is -1.47. The van der Waals surface area contributed by atoms with Gasteiger partial charge in [-0.15, -0.1) is 15.2 Å². The first-order chi connectivity index (χ1) is 29.1. The molecule has 0 radical (unpaired) electrons. The van der Waals surface area contributed by atoms with Crippen molar-refractivity contribution in [3.8, 4) is 0 Å². The number of carbonyl (C=O) groups excluding carboxylic acids is 3. The van der Waals surface area contributed by atoms with Crippen molar-refractivity contribution < 1.29 is 28.9 Å². The highest BCUT2D eigenvalue weighted by Gasteiger charge is 2.50. The second-order valence-corrected chi connectivity index (χ2v) is 22.8. The molecule has 0 bridgehead atoms. The van der Waals surface area contributed by atoms with Crippen LogP contribution in [0.5, 0.6) is 0 Å². The number of rotatable bonds is 21. The average molecular weight is 886 g/mol. The number of carbonyl (C=O) groups is 3. The van der Waals surface area contributed by atoms with E-state index in [1.54, 1.807) is 0 Å². The van der Waals surface area contributed by atoms with Crippen molar-refractivity contribution in [3.63, 3.8) is 0 Å². The molecule has 15 nitrogen and oxygen atoms in total. The van der Waals surface area contributed by atoms with Crippen LogP contribution < -0.4 is 16.0 Å². The van der Waals surface area contributed by atoms with Crippen LogP contribution in [0.1, 0.15) is 200 Å². The van der Waals surface area contributed by atoms with Crippen LogP contribution in [0.2, 0.25) is 0 Å². The van der Waals surface area contributed by atoms with Gasteiger partial charge in [-0.1, -0.05) is 25.7 Å². The van der Waals surface area contributed by atoms with Gasteiger partial charge in [-0.2, -0.15) is 15.0 Å². The molecule has 360 valence electrons. The van der Waals surface area contributed by atoms with Crippen molar-refractivity contribution in [1.82, 2.24) is 35.5 Å². The second kappa shape index (κ2) is 21.4. The summed E-state index contributed by atoms with van der Waals surface area (Å²) in [7, 11) is 0. The Morgan fingerprint density at radius 3 is 1.17 bits per heavy atom. The minimum absolute atomic E-state index is 0.229. The first-order valence-electron chi connectivity index (χ1n) is 24.0. The van der Waals surface area contributed by atoms with Gasteiger partial charge in [0, 0.05) is 46.3 Å². The van der Waals surface area contributed by atoms with Crippen LogP contribution in [-0.2, 0) is 35.3 Å². The molecule has 0 atom stereocenters. The molecule has 0 aromatic carbocycles. The van der Waals surface area contributed by atoms with E-state index in [0.717, 1.165) is 122 Å². The molecule has 0 saturated carbocycles. The number of anilines is 2. The van der Waals surface area contributed by atoms with Crippen molar-refractivity contribution >= 4 is 29.8 Å². The van der Waals surface area contributed by atoms with Gasteiger partial charge in [0.2, 0.25) is 11.9 Å². The molecule has 3 saturated heterocycles. The summed E-state index contributed by atoms with van der Waals surface area (Å²) in [6.45, 7) is 32.8. The molecule has 3 fully saturated rings. The fourth-order valence-electron chi connectivity index (χ4n) is 11.8. The lowest BCUT2D eigenvalue weighted by molar-refractivity contribution is -0.270. The summed E-state index contributed by atoms with van der Waals surface area (Å²) in [6, 6.07) is 0.323. The van der Waals surface area contributed by atoms with E-state index < -0.39 is 0 Å². The average Bonchev–Trinajstić information content (AvgIpc) is 3.11. The summed E-state index contributed by atoms with van der Waals surface area (Å²) in [6.07, 6.45) is 14.8. The number of aryl methyl sites for hydroxylation is 1. The van der Waals surface area contributed by atoms with Gasteiger partial charge >= 0.3 is 17.9 Å². The zero-order valence-corrected chi connectivity index (χ0v) is 42.1. The first kappa shape index (κ1) is 52.5. The molecular formula is C48H87N9O6. The molecule has 1 aromatic heterocycles. The Morgan fingerprint density at radius 2 is 0.825 bits per heavy atom. The van der Waals surface area contributed by atoms with Crippen LogP contribution in [0.4, 0.5) is 11.9 Å². The maximum absolute atomic E-state index is 11.9. The van der Waals surface area contributed by atoms with Crippen LogP contribution in [0.15, 0.2) is 0 Å². The fourth-order valence-corrected chi connectivity index (χ4v) is 11.8. The number of hydroxylamine groups is 6. The molecule has 0 spiro atoms. The fraction of sp³-hybridized carbons (Fsp3) is 0.875. The Balaban J connectivity index is 1.30. The third-order valence-electron chi connectivity index (χ3n) is 13.2. The first-order valence-corrected chi connectivity index (χ1v) is 24.0. The number of aromatic nitrogens is 3. The normalized spacial score (nSPS) is 22.6. The Labute approximate surface area is 380 Å². The highest BCUT2D eigenvalue weighted by atomic mass is 16.7. The summed E-state index contributed by atoms with van der Waals surface area (Å²) in [4.78, 5) is 67.2. The molecule has 3 aliphatic rings. The number of hydrogen-bond acceptors (Lipinski definition) is 15. The van der Waals surface area contributed by atoms with Gasteiger partial charge in [0.05, 0.1) is 33.2 Å². The predicted molar refractivity (Wildman–Crippen MR) is 249 cm³/mol. The zero-order valence-electron chi connectivity index (χ0n) is 42.1. The number of hydrogen-bond donors (Lipinski definition) is 3. The van der Waals surface area contributed by atoms with Crippen LogP contribution in [0, 0.1) is 11.8 Å². The van der Waals surface area contributed by atoms with E-state index in [4.69, 9.17) is 29.5 Å². The van der Waals surface area contributed by atoms with Crippen molar-refractivity contribution in [2.24, 2.45) is 11.8 Å². The van der Waals surface area contributed by atoms with Crippen molar-refractivity contribution in [3.05, 3.63) is 5.82 Å². The molecule has 0 unspecified atom stereocenters. The number of unbranched alkanes of at least 4 members (excludes halogenated alkanes) is 3. The molecule has 1 aromatic rings. The molecule has 63 heavy (non-hydrogen) atoms. The highest BCUT2D eigenvalue weighted by Crippen LogP contribution is 2.45. The number of piperidine rings is 3. The Hall–Kier alpha value is -3.14. The zero-order chi connectivity index (χ0) is 47.0. The van der Waals surface area contributed by atoms with Crippen LogP contribution in [0.25, 0.3) is 0 Å². The van der Waals surface area contributed by atoms with Gasteiger partial charge < -0.3 is 30.5 Å². The summed E-state index contributed by atoms with van der Waals surface area (Å²) < 4.78 is 0. The van der Waals surface area contributed by atoms with Crippen LogP contribution >= 0.6 is 0 Å². The summed E-state index contributed by atoms with van der Waals surface area (Å²) in [5.74, 6) is 2.31. The molecule has 0 amide bonds. The molecule has 15 heteroatoms. The highest BCUT2D eigenvalue weighted by molar-refractivity contribution is 5.66. The SMILES string of the molecule is CC(=O)ON1C(C)(C)CC(CCCCNc2nc(CCCCNC3CC(C)(C)N(OC(C)=O)C(C)(C)C3)nc(NCCCCC3CC(C)(C)N(OC(C)=O)C(C)(C)C3)n2)CC1(C)C. The minimum Gasteiger partial charge on any atom is -0.367 e. The van der Waals surface area contributed by atoms with E-state index in [9.17, 15) is 14.4 Å². The lowest BCUT2D eigenvalue weighted by Crippen LogP contribution is -2.64. The van der Waals surface area contributed by atoms with E-state index >= 15 is 0 Å². The second-order valence-electron chi connectivity index (χ2n) is 22.8. The standard InChI is InChI=1S/C48H87N9O6/c1-34(58)61-55-43(4,5)28-37(29-44(55,6)7)22-16-19-26-50-41-52-40(24-18-21-25-49-39-32-47(12,13)57(63-36(3)60)48(14,15)33-39)53-42(54-41)51-27-20-17-23-38-30-45(8,9)56(62-35(2)59)46(10,11)31-38/h37-39,49H,16-33H2,1-15H3,(H2,50,51,52,53,54). The van der Waals surface area contributed by atoms with Crippen molar-refractivity contribution in [2.75, 3.05) is 30.3 Å². The van der Waals surface area contributed by atoms with Gasteiger partial charge in [0.25, 0.3) is 0 Å². The Kier molecular flexibility index (Phi) is 17.9. The van der Waals surface area contributed by atoms with Gasteiger partial charge in [-0.05, 0) is 166 Å². The molecule has 4 heterocycles. The minimum atomic E-state index is -0.281. The molecular weight excluding hydrogens is 799 g/mol. The van der Waals surface area contributed by atoms with Gasteiger partial charge in [0.1, 0.15) is 5.82 Å². The maximum Gasteiger partial charge on any atom is 0.322 e. The van der Waals surface area contributed by atoms with Crippen LogP contribution in [0.3, 0.4) is 0 Å². The van der Waals surface area contributed by atoms with E-state index in [-0.39, 0.29) is 51.1 Å². The predicted octanol–water partition coefficient (Wildman–Crippen LogP) is 8.94. The monoisotopic (exact) mass is 886 g/mol. The van der Waals surface area contributed by atoms with Gasteiger partial charge in [0.15, 0.2) is 0 Å². The smallest absolute Gasteiger partial charge is 0.322 e. The third kappa shape index (κ3) is 15.5. The van der Waals surface area contributed by atoms with E-state index in [2.05, 4.69) is 99.0 Å². The molecule has 3 N–H and O–H groups in total. The van der Waals surface area contributed by atoms with Gasteiger partial charge in [-0.25, -0.2) is 0 Å². The summed E-state index contributed by atoms with van der Waals surface area (Å²) >= 11 is 0. The van der Waals surface area contributed by atoms with Crippen LogP contribution in [-0.4, -0.2) is 107 Å². The summed E-state index contributed by atoms with van der Waals surface area (Å²) in [5, 5.41) is 16.6. The molecule has 0 aliphatic carbocycles. The number of nitrogens with one attached hydrogen (secondary N) is 3. The lowest BCUT2D eigenvalue weighted by Gasteiger charge is -2.53. The quantitative estimate of drug-likeness (QED) is 0.100. The van der Waals surface area contributed by atoms with Gasteiger partial charge in [-0.3, -0.25) is 14.4 Å². The van der Waals surface area contributed by atoms with Crippen molar-refractivity contribution in [1.29, 1.82) is 0 Å².